The van der Waals surface area contributed by atoms with Crippen LogP contribution in [0.3, 0.4) is 0 Å². The maximum absolute atomic E-state index is 12.6. The van der Waals surface area contributed by atoms with E-state index in [2.05, 4.69) is 49.9 Å². The topological polar surface area (TPSA) is 29.5 Å². The molecule has 0 saturated carbocycles. The molecule has 0 aliphatic rings. The minimum atomic E-state index is 0.138. The smallest absolute Gasteiger partial charge is 0.166 e. The van der Waals surface area contributed by atoms with Crippen LogP contribution < -0.4 is 4.74 Å². The predicted molar refractivity (Wildman–Crippen MR) is 104 cm³/mol. The summed E-state index contributed by atoms with van der Waals surface area (Å²) in [6, 6.07) is 15.9. The van der Waals surface area contributed by atoms with Crippen LogP contribution in [0, 0.1) is 6.92 Å². The van der Waals surface area contributed by atoms with Crippen molar-refractivity contribution in [1.82, 2.24) is 4.90 Å². The average molecular weight is 339 g/mol. The molecule has 134 valence electrons. The van der Waals surface area contributed by atoms with Gasteiger partial charge in [-0.2, -0.15) is 0 Å². The largest absolute Gasteiger partial charge is 0.491 e. The highest BCUT2D eigenvalue weighted by atomic mass is 16.5. The molecule has 0 amide bonds. The van der Waals surface area contributed by atoms with Crippen molar-refractivity contribution in [3.05, 3.63) is 65.2 Å². The molecule has 2 aromatic rings. The van der Waals surface area contributed by atoms with Gasteiger partial charge in [-0.3, -0.25) is 4.79 Å². The summed E-state index contributed by atoms with van der Waals surface area (Å²) >= 11 is 0. The normalized spacial score (nSPS) is 10.9. The molecule has 3 nitrogen and oxygen atoms in total. The van der Waals surface area contributed by atoms with Crippen molar-refractivity contribution in [3.63, 3.8) is 0 Å². The van der Waals surface area contributed by atoms with Gasteiger partial charge in [0.05, 0.1) is 5.56 Å². The summed E-state index contributed by atoms with van der Waals surface area (Å²) in [6.07, 6.45) is 1.26. The highest BCUT2D eigenvalue weighted by Crippen LogP contribution is 2.20. The maximum atomic E-state index is 12.6. The quantitative estimate of drug-likeness (QED) is 0.596. The molecule has 0 aliphatic heterocycles. The van der Waals surface area contributed by atoms with Gasteiger partial charge in [0.15, 0.2) is 5.78 Å². The first-order chi connectivity index (χ1) is 12.1. The van der Waals surface area contributed by atoms with E-state index < -0.39 is 0 Å². The van der Waals surface area contributed by atoms with E-state index in [-0.39, 0.29) is 5.78 Å². The van der Waals surface area contributed by atoms with E-state index in [9.17, 15) is 4.79 Å². The standard InChI is InChI=1S/C22H29NO2/c1-4-23(5-2)16-17-25-22-9-7-6-8-20(22)21(24)15-14-19-12-10-18(3)11-13-19/h6-13H,4-5,14-17H2,1-3H3. The van der Waals surface area contributed by atoms with Crippen LogP contribution in [0.4, 0.5) is 0 Å². The first-order valence-electron chi connectivity index (χ1n) is 9.17. The average Bonchev–Trinajstić information content (AvgIpc) is 2.65. The van der Waals surface area contributed by atoms with Gasteiger partial charge >= 0.3 is 0 Å². The summed E-state index contributed by atoms with van der Waals surface area (Å²) < 4.78 is 5.90. The fourth-order valence-corrected chi connectivity index (χ4v) is 2.79. The summed E-state index contributed by atoms with van der Waals surface area (Å²) in [5.41, 5.74) is 3.12. The second-order valence-electron chi connectivity index (χ2n) is 6.28. The third-order valence-electron chi connectivity index (χ3n) is 4.51. The molecule has 0 fully saturated rings. The number of hydrogen-bond acceptors (Lipinski definition) is 3. The van der Waals surface area contributed by atoms with Crippen molar-refractivity contribution in [2.75, 3.05) is 26.2 Å². The van der Waals surface area contributed by atoms with Gasteiger partial charge in [0.25, 0.3) is 0 Å². The second-order valence-corrected chi connectivity index (χ2v) is 6.28. The Morgan fingerprint density at radius 2 is 1.68 bits per heavy atom. The molecule has 25 heavy (non-hydrogen) atoms. The molecule has 0 bridgehead atoms. The van der Waals surface area contributed by atoms with Gasteiger partial charge in [-0.15, -0.1) is 0 Å². The highest BCUT2D eigenvalue weighted by molar-refractivity contribution is 5.98. The summed E-state index contributed by atoms with van der Waals surface area (Å²) in [4.78, 5) is 14.9. The van der Waals surface area contributed by atoms with E-state index in [0.29, 0.717) is 24.3 Å². The molecule has 3 heteroatoms. The molecule has 0 aliphatic carbocycles. The molecule has 0 heterocycles. The van der Waals surface area contributed by atoms with Crippen LogP contribution in [-0.2, 0) is 6.42 Å². The number of ether oxygens (including phenoxy) is 1. The van der Waals surface area contributed by atoms with Gasteiger partial charge in [0.1, 0.15) is 12.4 Å². The number of carbonyl (C=O) groups is 1. The van der Waals surface area contributed by atoms with E-state index in [0.717, 1.165) is 26.1 Å². The van der Waals surface area contributed by atoms with Gasteiger partial charge in [0, 0.05) is 13.0 Å². The van der Waals surface area contributed by atoms with Crippen molar-refractivity contribution >= 4 is 5.78 Å². The Morgan fingerprint density at radius 3 is 2.36 bits per heavy atom. The van der Waals surface area contributed by atoms with Crippen LogP contribution in [0.2, 0.25) is 0 Å². The van der Waals surface area contributed by atoms with Crippen molar-refractivity contribution in [2.24, 2.45) is 0 Å². The van der Waals surface area contributed by atoms with Crippen molar-refractivity contribution < 1.29 is 9.53 Å². The summed E-state index contributed by atoms with van der Waals surface area (Å²) in [6.45, 7) is 9.86. The minimum absolute atomic E-state index is 0.138. The lowest BCUT2D eigenvalue weighted by Crippen LogP contribution is -2.28. The Kier molecular flexibility index (Phi) is 7.68. The van der Waals surface area contributed by atoms with Gasteiger partial charge < -0.3 is 9.64 Å². The van der Waals surface area contributed by atoms with E-state index in [1.807, 2.05) is 24.3 Å². The zero-order chi connectivity index (χ0) is 18.1. The van der Waals surface area contributed by atoms with Crippen molar-refractivity contribution in [2.45, 2.75) is 33.6 Å². The highest BCUT2D eigenvalue weighted by Gasteiger charge is 2.12. The first-order valence-corrected chi connectivity index (χ1v) is 9.17. The van der Waals surface area contributed by atoms with E-state index in [4.69, 9.17) is 4.74 Å². The van der Waals surface area contributed by atoms with Crippen LogP contribution >= 0.6 is 0 Å². The lowest BCUT2D eigenvalue weighted by molar-refractivity contribution is 0.0978. The van der Waals surface area contributed by atoms with Gasteiger partial charge in [-0.05, 0) is 44.1 Å². The molecule has 0 saturated heterocycles. The predicted octanol–water partition coefficient (Wildman–Crippen LogP) is 4.53. The van der Waals surface area contributed by atoms with Gasteiger partial charge in [-0.1, -0.05) is 55.8 Å². The Bertz CT molecular complexity index is 660. The molecule has 0 N–H and O–H groups in total. The number of para-hydroxylation sites is 1. The number of carbonyl (C=O) groups excluding carboxylic acids is 1. The fourth-order valence-electron chi connectivity index (χ4n) is 2.79. The number of ketones is 1. The molecule has 0 aromatic heterocycles. The third-order valence-corrected chi connectivity index (χ3v) is 4.51. The number of likely N-dealkylation sites (N-methyl/N-ethyl adjacent to an activating group) is 1. The second kappa shape index (κ2) is 10.00. The summed E-state index contributed by atoms with van der Waals surface area (Å²) in [7, 11) is 0. The zero-order valence-corrected chi connectivity index (χ0v) is 15.6. The number of nitrogens with zero attached hydrogens (tertiary/aromatic N) is 1. The van der Waals surface area contributed by atoms with E-state index in [1.165, 1.54) is 11.1 Å². The zero-order valence-electron chi connectivity index (χ0n) is 15.6. The Labute approximate surface area is 151 Å². The fraction of sp³-hybridized carbons (Fsp3) is 0.409. The Hall–Kier alpha value is -2.13. The Morgan fingerprint density at radius 1 is 1.00 bits per heavy atom. The maximum Gasteiger partial charge on any atom is 0.166 e. The molecule has 0 spiro atoms. The summed E-state index contributed by atoms with van der Waals surface area (Å²) in [5.74, 6) is 0.836. The molecule has 2 rings (SSSR count). The number of rotatable bonds is 10. The number of benzene rings is 2. The van der Waals surface area contributed by atoms with Crippen LogP contribution in [0.5, 0.6) is 5.75 Å². The van der Waals surface area contributed by atoms with Gasteiger partial charge in [0.2, 0.25) is 0 Å². The first kappa shape index (κ1) is 19.2. The number of aryl methyl sites for hydroxylation is 2. The van der Waals surface area contributed by atoms with Crippen molar-refractivity contribution in [3.8, 4) is 5.75 Å². The van der Waals surface area contributed by atoms with Gasteiger partial charge in [-0.25, -0.2) is 0 Å². The van der Waals surface area contributed by atoms with Crippen LogP contribution in [0.25, 0.3) is 0 Å². The number of hydrogen-bond donors (Lipinski definition) is 0. The van der Waals surface area contributed by atoms with Crippen LogP contribution in [0.15, 0.2) is 48.5 Å². The minimum Gasteiger partial charge on any atom is -0.491 e. The SMILES string of the molecule is CCN(CC)CCOc1ccccc1C(=O)CCc1ccc(C)cc1. The van der Waals surface area contributed by atoms with Crippen LogP contribution in [-0.4, -0.2) is 36.9 Å². The molecule has 0 radical (unpaired) electrons. The molecular formula is C22H29NO2. The summed E-state index contributed by atoms with van der Waals surface area (Å²) in [5, 5.41) is 0. The van der Waals surface area contributed by atoms with E-state index >= 15 is 0 Å². The van der Waals surface area contributed by atoms with E-state index in [1.54, 1.807) is 0 Å². The lowest BCUT2D eigenvalue weighted by atomic mass is 10.0. The third kappa shape index (κ3) is 6.02. The molecule has 2 aromatic carbocycles. The lowest BCUT2D eigenvalue weighted by Gasteiger charge is -2.18. The molecule has 0 unspecified atom stereocenters. The molecule has 0 atom stereocenters. The van der Waals surface area contributed by atoms with Crippen molar-refractivity contribution in [1.29, 1.82) is 0 Å². The van der Waals surface area contributed by atoms with Crippen LogP contribution in [0.1, 0.15) is 41.8 Å². The Balaban J connectivity index is 1.93. The number of Topliss-reactive ketones (excluding diaryl/α,β-unsaturated/α-hetero) is 1. The molecular weight excluding hydrogens is 310 g/mol. The monoisotopic (exact) mass is 339 g/mol.